The molecule has 1 amide bonds. The van der Waals surface area contributed by atoms with Gasteiger partial charge in [-0.05, 0) is 28.8 Å². The molecule has 0 unspecified atom stereocenters. The van der Waals surface area contributed by atoms with E-state index < -0.39 is 0 Å². The average Bonchev–Trinajstić information content (AvgIpc) is 2.77. The van der Waals surface area contributed by atoms with Crippen molar-refractivity contribution in [2.24, 2.45) is 0 Å². The number of carbonyl (C=O) groups is 1. The van der Waals surface area contributed by atoms with Crippen LogP contribution in [0, 0.1) is 0 Å². The summed E-state index contributed by atoms with van der Waals surface area (Å²) >= 11 is 3.48. The number of imidazole rings is 1. The lowest BCUT2D eigenvalue weighted by molar-refractivity contribution is -0.129. The summed E-state index contributed by atoms with van der Waals surface area (Å²) in [6.45, 7) is 3.27. The summed E-state index contributed by atoms with van der Waals surface area (Å²) in [5, 5.41) is 0. The van der Waals surface area contributed by atoms with Crippen LogP contribution < -0.4 is 0 Å². The maximum Gasteiger partial charge on any atom is 0.219 e. The Morgan fingerprint density at radius 3 is 2.84 bits per heavy atom. The molecule has 0 bridgehead atoms. The molecule has 1 aliphatic heterocycles. The Bertz CT molecular complexity index is 616. The second kappa shape index (κ2) is 4.92. The quantitative estimate of drug-likeness (QED) is 0.808. The van der Waals surface area contributed by atoms with Gasteiger partial charge in [-0.1, -0.05) is 0 Å². The molecule has 2 aromatic rings. The normalized spacial score (nSPS) is 17.1. The summed E-state index contributed by atoms with van der Waals surface area (Å²) in [5.74, 6) is 1.63. The summed E-state index contributed by atoms with van der Waals surface area (Å²) in [7, 11) is 0. The van der Waals surface area contributed by atoms with E-state index in [0.717, 1.165) is 41.9 Å². The molecule has 0 spiro atoms. The van der Waals surface area contributed by atoms with E-state index in [1.54, 1.807) is 13.1 Å². The molecule has 6 heteroatoms. The fraction of sp³-hybridized carbons (Fsp3) is 0.462. The standard InChI is InChI=1S/C13H15BrN4O/c1-9(19)17-5-2-10(3-6-17)13-16-12(14)11-8-15-4-7-18(11)13/h4,7-8,10H,2-3,5-6H2,1H3. The average molecular weight is 323 g/mol. The van der Waals surface area contributed by atoms with E-state index in [-0.39, 0.29) is 5.91 Å². The lowest BCUT2D eigenvalue weighted by atomic mass is 9.96. The van der Waals surface area contributed by atoms with Crippen molar-refractivity contribution in [3.8, 4) is 0 Å². The van der Waals surface area contributed by atoms with Gasteiger partial charge in [0.05, 0.1) is 11.7 Å². The van der Waals surface area contributed by atoms with Crippen LogP contribution in [0.15, 0.2) is 23.2 Å². The number of carbonyl (C=O) groups excluding carboxylic acids is 1. The van der Waals surface area contributed by atoms with Crippen LogP contribution in [0.1, 0.15) is 31.5 Å². The maximum atomic E-state index is 11.3. The second-order valence-corrected chi connectivity index (χ2v) is 5.62. The fourth-order valence-corrected chi connectivity index (χ4v) is 3.14. The minimum atomic E-state index is 0.164. The third-order valence-corrected chi connectivity index (χ3v) is 4.32. The van der Waals surface area contributed by atoms with Crippen molar-refractivity contribution < 1.29 is 4.79 Å². The highest BCUT2D eigenvalue weighted by atomic mass is 79.9. The molecule has 1 aliphatic rings. The third-order valence-electron chi connectivity index (χ3n) is 3.73. The number of aromatic nitrogens is 3. The number of amides is 1. The Hall–Kier alpha value is -1.43. The monoisotopic (exact) mass is 322 g/mol. The molecule has 1 fully saturated rings. The summed E-state index contributed by atoms with van der Waals surface area (Å²) in [5.41, 5.74) is 0.992. The Morgan fingerprint density at radius 2 is 2.16 bits per heavy atom. The van der Waals surface area contributed by atoms with Gasteiger partial charge in [-0.2, -0.15) is 0 Å². The van der Waals surface area contributed by atoms with E-state index in [1.165, 1.54) is 0 Å². The zero-order valence-electron chi connectivity index (χ0n) is 10.7. The maximum absolute atomic E-state index is 11.3. The molecule has 2 aromatic heterocycles. The lowest BCUT2D eigenvalue weighted by Crippen LogP contribution is -2.36. The molecular weight excluding hydrogens is 308 g/mol. The minimum Gasteiger partial charge on any atom is -0.343 e. The van der Waals surface area contributed by atoms with Crippen molar-refractivity contribution in [3.63, 3.8) is 0 Å². The number of hydrogen-bond donors (Lipinski definition) is 0. The first-order chi connectivity index (χ1) is 9.16. The van der Waals surface area contributed by atoms with Gasteiger partial charge in [0.1, 0.15) is 10.4 Å². The molecule has 3 heterocycles. The Balaban J connectivity index is 1.88. The van der Waals surface area contributed by atoms with E-state index in [9.17, 15) is 4.79 Å². The summed E-state index contributed by atoms with van der Waals surface area (Å²) in [4.78, 5) is 22.0. The molecule has 19 heavy (non-hydrogen) atoms. The Labute approximate surface area is 119 Å². The van der Waals surface area contributed by atoms with Gasteiger partial charge in [0.2, 0.25) is 5.91 Å². The first-order valence-electron chi connectivity index (χ1n) is 6.40. The number of piperidine rings is 1. The van der Waals surface area contributed by atoms with Crippen LogP contribution in [0.2, 0.25) is 0 Å². The van der Waals surface area contributed by atoms with Crippen LogP contribution in [-0.4, -0.2) is 38.3 Å². The third kappa shape index (κ3) is 2.25. The first-order valence-corrected chi connectivity index (χ1v) is 7.19. The van der Waals surface area contributed by atoms with E-state index >= 15 is 0 Å². The molecule has 0 saturated carbocycles. The van der Waals surface area contributed by atoms with E-state index in [4.69, 9.17) is 0 Å². The van der Waals surface area contributed by atoms with Gasteiger partial charge in [0.25, 0.3) is 0 Å². The smallest absolute Gasteiger partial charge is 0.219 e. The van der Waals surface area contributed by atoms with E-state index in [2.05, 4.69) is 30.3 Å². The zero-order valence-corrected chi connectivity index (χ0v) is 12.3. The van der Waals surface area contributed by atoms with Gasteiger partial charge in [-0.15, -0.1) is 0 Å². The van der Waals surface area contributed by atoms with Crippen molar-refractivity contribution in [1.29, 1.82) is 0 Å². The summed E-state index contributed by atoms with van der Waals surface area (Å²) in [6, 6.07) is 0. The van der Waals surface area contributed by atoms with Gasteiger partial charge in [0.15, 0.2) is 0 Å². The largest absolute Gasteiger partial charge is 0.343 e. The van der Waals surface area contributed by atoms with Crippen molar-refractivity contribution in [3.05, 3.63) is 29.0 Å². The molecule has 3 rings (SSSR count). The van der Waals surface area contributed by atoms with Gasteiger partial charge < -0.3 is 4.90 Å². The SMILES string of the molecule is CC(=O)N1CCC(c2nc(Br)c3cnccn23)CC1. The summed E-state index contributed by atoms with van der Waals surface area (Å²) in [6.07, 6.45) is 7.46. The highest BCUT2D eigenvalue weighted by molar-refractivity contribution is 9.10. The second-order valence-electron chi connectivity index (χ2n) is 4.87. The molecule has 5 nitrogen and oxygen atoms in total. The molecule has 1 saturated heterocycles. The fourth-order valence-electron chi connectivity index (χ4n) is 2.67. The zero-order chi connectivity index (χ0) is 13.4. The number of nitrogens with zero attached hydrogens (tertiary/aromatic N) is 4. The van der Waals surface area contributed by atoms with Gasteiger partial charge in [0, 0.05) is 38.3 Å². The highest BCUT2D eigenvalue weighted by Crippen LogP contribution is 2.30. The number of halogens is 1. The molecule has 0 N–H and O–H groups in total. The van der Waals surface area contributed by atoms with Gasteiger partial charge >= 0.3 is 0 Å². The van der Waals surface area contributed by atoms with Crippen molar-refractivity contribution in [1.82, 2.24) is 19.3 Å². The molecular formula is C13H15BrN4O. The molecule has 0 aliphatic carbocycles. The predicted octanol–water partition coefficient (Wildman–Crippen LogP) is 2.22. The van der Waals surface area contributed by atoms with E-state index in [1.807, 2.05) is 17.3 Å². The predicted molar refractivity (Wildman–Crippen MR) is 74.9 cm³/mol. The number of rotatable bonds is 1. The topological polar surface area (TPSA) is 50.5 Å². The number of hydrogen-bond acceptors (Lipinski definition) is 3. The van der Waals surface area contributed by atoms with Crippen molar-refractivity contribution in [2.75, 3.05) is 13.1 Å². The lowest BCUT2D eigenvalue weighted by Gasteiger charge is -2.30. The van der Waals surface area contributed by atoms with Crippen molar-refractivity contribution >= 4 is 27.4 Å². The molecule has 0 aromatic carbocycles. The number of fused-ring (bicyclic) bond motifs is 1. The van der Waals surface area contributed by atoms with Crippen LogP contribution in [0.25, 0.3) is 5.52 Å². The Morgan fingerprint density at radius 1 is 1.42 bits per heavy atom. The van der Waals surface area contributed by atoms with Crippen LogP contribution in [-0.2, 0) is 4.79 Å². The van der Waals surface area contributed by atoms with Crippen molar-refractivity contribution in [2.45, 2.75) is 25.7 Å². The Kier molecular flexibility index (Phi) is 3.26. The number of likely N-dealkylation sites (tertiary alicyclic amines) is 1. The van der Waals surface area contributed by atoms with Crippen LogP contribution in [0.5, 0.6) is 0 Å². The van der Waals surface area contributed by atoms with Crippen LogP contribution >= 0.6 is 15.9 Å². The minimum absolute atomic E-state index is 0.164. The molecule has 0 atom stereocenters. The molecule has 0 radical (unpaired) electrons. The van der Waals surface area contributed by atoms with Gasteiger partial charge in [-0.3, -0.25) is 14.2 Å². The van der Waals surface area contributed by atoms with E-state index in [0.29, 0.717) is 5.92 Å². The highest BCUT2D eigenvalue weighted by Gasteiger charge is 2.25. The first kappa shape index (κ1) is 12.6. The summed E-state index contributed by atoms with van der Waals surface area (Å²) < 4.78 is 2.93. The molecule has 100 valence electrons. The van der Waals surface area contributed by atoms with Crippen LogP contribution in [0.4, 0.5) is 0 Å². The van der Waals surface area contributed by atoms with Gasteiger partial charge in [-0.25, -0.2) is 4.98 Å². The van der Waals surface area contributed by atoms with Crippen LogP contribution in [0.3, 0.4) is 0 Å².